The minimum absolute atomic E-state index is 0.163. The first-order valence-corrected chi connectivity index (χ1v) is 5.82. The molecular weight excluding hydrogens is 224 g/mol. The second-order valence-electron chi connectivity index (χ2n) is 4.25. The highest BCUT2D eigenvalue weighted by molar-refractivity contribution is 5.21. The van der Waals surface area contributed by atoms with Gasteiger partial charge in [-0.1, -0.05) is 0 Å². The number of aliphatic hydroxyl groups is 1. The molecule has 2 nitrogen and oxygen atoms in total. The number of unbranched alkanes of at least 4 members (excludes halogenated alkanes) is 1. The van der Waals surface area contributed by atoms with Gasteiger partial charge >= 0.3 is 0 Å². The van der Waals surface area contributed by atoms with Crippen LogP contribution in [-0.4, -0.2) is 30.2 Å². The summed E-state index contributed by atoms with van der Waals surface area (Å²) in [7, 11) is 1.87. The van der Waals surface area contributed by atoms with Gasteiger partial charge in [-0.15, -0.1) is 0 Å². The maximum absolute atomic E-state index is 13.5. The molecule has 0 saturated carbocycles. The van der Waals surface area contributed by atoms with E-state index in [2.05, 4.69) is 0 Å². The molecule has 1 unspecified atom stereocenters. The lowest BCUT2D eigenvalue weighted by atomic mass is 10.1. The van der Waals surface area contributed by atoms with Crippen LogP contribution >= 0.6 is 0 Å². The van der Waals surface area contributed by atoms with E-state index in [1.807, 2.05) is 18.9 Å². The van der Waals surface area contributed by atoms with Crippen molar-refractivity contribution in [3.8, 4) is 0 Å². The second-order valence-corrected chi connectivity index (χ2v) is 4.25. The van der Waals surface area contributed by atoms with Gasteiger partial charge in [0.1, 0.15) is 11.6 Å². The van der Waals surface area contributed by atoms with E-state index < -0.39 is 5.82 Å². The van der Waals surface area contributed by atoms with E-state index in [0.29, 0.717) is 5.56 Å². The average molecular weight is 243 g/mol. The Balaban J connectivity index is 2.67. The predicted octanol–water partition coefficient (Wildman–Crippen LogP) is 2.73. The van der Waals surface area contributed by atoms with E-state index in [9.17, 15) is 8.78 Å². The molecule has 1 aromatic rings. The molecule has 1 rings (SSSR count). The molecule has 1 atom stereocenters. The molecule has 0 radical (unpaired) electrons. The lowest BCUT2D eigenvalue weighted by molar-refractivity contribution is 0.230. The summed E-state index contributed by atoms with van der Waals surface area (Å²) < 4.78 is 26.6. The normalized spacial score (nSPS) is 13.1. The zero-order valence-corrected chi connectivity index (χ0v) is 10.3. The fraction of sp³-hybridized carbons (Fsp3) is 0.538. The highest BCUT2D eigenvalue weighted by atomic mass is 19.1. The van der Waals surface area contributed by atoms with Crippen LogP contribution in [0.25, 0.3) is 0 Å². The van der Waals surface area contributed by atoms with Crippen LogP contribution in [0, 0.1) is 11.6 Å². The Morgan fingerprint density at radius 1 is 1.29 bits per heavy atom. The van der Waals surface area contributed by atoms with Crippen molar-refractivity contribution in [2.75, 3.05) is 20.2 Å². The fourth-order valence-corrected chi connectivity index (χ4v) is 1.74. The molecule has 0 bridgehead atoms. The quantitative estimate of drug-likeness (QED) is 0.777. The van der Waals surface area contributed by atoms with Gasteiger partial charge < -0.3 is 5.11 Å². The Morgan fingerprint density at radius 2 is 2.00 bits per heavy atom. The summed E-state index contributed by atoms with van der Waals surface area (Å²) in [5, 5.41) is 8.69. The van der Waals surface area contributed by atoms with E-state index in [0.717, 1.165) is 31.5 Å². The zero-order valence-electron chi connectivity index (χ0n) is 10.3. The van der Waals surface area contributed by atoms with Crippen molar-refractivity contribution in [1.29, 1.82) is 0 Å². The molecule has 0 fully saturated rings. The number of aliphatic hydroxyl groups excluding tert-OH is 1. The van der Waals surface area contributed by atoms with E-state index >= 15 is 0 Å². The second kappa shape index (κ2) is 6.67. The lowest BCUT2D eigenvalue weighted by Gasteiger charge is -2.25. The van der Waals surface area contributed by atoms with E-state index in [1.54, 1.807) is 0 Å². The van der Waals surface area contributed by atoms with E-state index in [-0.39, 0.29) is 18.5 Å². The number of benzene rings is 1. The van der Waals surface area contributed by atoms with Gasteiger partial charge in [-0.3, -0.25) is 4.90 Å². The van der Waals surface area contributed by atoms with Gasteiger partial charge in [0, 0.05) is 18.2 Å². The van der Waals surface area contributed by atoms with E-state index in [1.165, 1.54) is 6.07 Å². The van der Waals surface area contributed by atoms with E-state index in [4.69, 9.17) is 5.11 Å². The van der Waals surface area contributed by atoms with Gasteiger partial charge in [0.25, 0.3) is 0 Å². The summed E-state index contributed by atoms with van der Waals surface area (Å²) >= 11 is 0. The van der Waals surface area contributed by atoms with Crippen LogP contribution in [0.1, 0.15) is 31.4 Å². The van der Waals surface area contributed by atoms with Crippen molar-refractivity contribution in [2.45, 2.75) is 25.8 Å². The van der Waals surface area contributed by atoms with Crippen LogP contribution in [0.2, 0.25) is 0 Å². The Labute approximate surface area is 101 Å². The molecule has 4 heteroatoms. The van der Waals surface area contributed by atoms with Crippen molar-refractivity contribution in [2.24, 2.45) is 0 Å². The third-order valence-electron chi connectivity index (χ3n) is 2.99. The highest BCUT2D eigenvalue weighted by Crippen LogP contribution is 2.22. The topological polar surface area (TPSA) is 23.5 Å². The minimum Gasteiger partial charge on any atom is -0.396 e. The van der Waals surface area contributed by atoms with Crippen LogP contribution in [0.3, 0.4) is 0 Å². The fourth-order valence-electron chi connectivity index (χ4n) is 1.74. The summed E-state index contributed by atoms with van der Waals surface area (Å²) in [6.07, 6.45) is 1.57. The zero-order chi connectivity index (χ0) is 12.8. The lowest BCUT2D eigenvalue weighted by Crippen LogP contribution is -2.24. The number of hydrogen-bond donors (Lipinski definition) is 1. The van der Waals surface area contributed by atoms with Crippen molar-refractivity contribution < 1.29 is 13.9 Å². The molecule has 1 aromatic carbocycles. The van der Waals surface area contributed by atoms with Crippen molar-refractivity contribution in [3.05, 3.63) is 35.4 Å². The molecule has 0 aliphatic rings. The summed E-state index contributed by atoms with van der Waals surface area (Å²) in [6.45, 7) is 2.75. The van der Waals surface area contributed by atoms with Crippen LogP contribution in [0.5, 0.6) is 0 Å². The molecule has 0 aromatic heterocycles. The first-order valence-electron chi connectivity index (χ1n) is 5.82. The minimum atomic E-state index is -0.419. The summed E-state index contributed by atoms with van der Waals surface area (Å²) in [5.41, 5.74) is 0.372. The molecule has 0 spiro atoms. The Bertz CT molecular complexity index is 357. The standard InChI is InChI=1S/C13H19F2NO/c1-10(16(2)7-3-4-8-17)12-9-11(14)5-6-13(12)15/h5-6,9-10,17H,3-4,7-8H2,1-2H3. The van der Waals surface area contributed by atoms with Crippen molar-refractivity contribution in [1.82, 2.24) is 4.90 Å². The number of rotatable bonds is 6. The number of nitrogens with zero attached hydrogens (tertiary/aromatic N) is 1. The van der Waals surface area contributed by atoms with Crippen LogP contribution in [-0.2, 0) is 0 Å². The molecule has 0 aliphatic heterocycles. The summed E-state index contributed by atoms with van der Waals surface area (Å²) in [6, 6.07) is 3.34. The SMILES string of the molecule is CC(c1cc(F)ccc1F)N(C)CCCCO. The smallest absolute Gasteiger partial charge is 0.128 e. The maximum Gasteiger partial charge on any atom is 0.128 e. The summed E-state index contributed by atoms with van der Waals surface area (Å²) in [4.78, 5) is 1.95. The van der Waals surface area contributed by atoms with Crippen LogP contribution in [0.15, 0.2) is 18.2 Å². The van der Waals surface area contributed by atoms with Gasteiger partial charge in [0.2, 0.25) is 0 Å². The average Bonchev–Trinajstić information content (AvgIpc) is 2.31. The molecule has 0 heterocycles. The molecule has 17 heavy (non-hydrogen) atoms. The monoisotopic (exact) mass is 243 g/mol. The Hall–Kier alpha value is -1.00. The van der Waals surface area contributed by atoms with Gasteiger partial charge in [-0.2, -0.15) is 0 Å². The molecule has 0 amide bonds. The first kappa shape index (κ1) is 14.1. The largest absolute Gasteiger partial charge is 0.396 e. The summed E-state index contributed by atoms with van der Waals surface area (Å²) in [5.74, 6) is -0.801. The Morgan fingerprint density at radius 3 is 2.65 bits per heavy atom. The molecule has 0 aliphatic carbocycles. The van der Waals surface area contributed by atoms with Gasteiger partial charge in [0.15, 0.2) is 0 Å². The molecule has 96 valence electrons. The Kier molecular flexibility index (Phi) is 5.51. The van der Waals surface area contributed by atoms with Crippen molar-refractivity contribution >= 4 is 0 Å². The number of halogens is 2. The first-order chi connectivity index (χ1) is 8.06. The van der Waals surface area contributed by atoms with Crippen LogP contribution in [0.4, 0.5) is 8.78 Å². The predicted molar refractivity (Wildman–Crippen MR) is 63.7 cm³/mol. The van der Waals surface area contributed by atoms with Crippen molar-refractivity contribution in [3.63, 3.8) is 0 Å². The highest BCUT2D eigenvalue weighted by Gasteiger charge is 2.15. The molecule has 0 saturated heterocycles. The van der Waals surface area contributed by atoms with Crippen LogP contribution < -0.4 is 0 Å². The third-order valence-corrected chi connectivity index (χ3v) is 2.99. The third kappa shape index (κ3) is 4.06. The van der Waals surface area contributed by atoms with Gasteiger partial charge in [-0.25, -0.2) is 8.78 Å². The van der Waals surface area contributed by atoms with Gasteiger partial charge in [-0.05, 0) is 51.6 Å². The molecular formula is C13H19F2NO. The maximum atomic E-state index is 13.5. The number of hydrogen-bond acceptors (Lipinski definition) is 2. The van der Waals surface area contributed by atoms with Gasteiger partial charge in [0.05, 0.1) is 0 Å². The molecule has 1 N–H and O–H groups in total.